The highest BCUT2D eigenvalue weighted by molar-refractivity contribution is 7.80. The predicted molar refractivity (Wildman–Crippen MR) is 55.4 cm³/mol. The Balaban J connectivity index is 2.71. The molecule has 0 radical (unpaired) electrons. The van der Waals surface area contributed by atoms with E-state index in [0.29, 0.717) is 4.99 Å². The summed E-state index contributed by atoms with van der Waals surface area (Å²) in [4.78, 5) is 6.69. The fourth-order valence-corrected chi connectivity index (χ4v) is 1.86. The first-order chi connectivity index (χ1) is 5.59. The standard InChI is InChI=1S/C7H11N3S2/c1-10(2)3-6-9-5(4-12-6)7(8)11/h4H,3H2,1-2H3,(H2,8,11). The molecule has 3 nitrogen and oxygen atoms in total. The molecule has 0 aromatic carbocycles. The summed E-state index contributed by atoms with van der Waals surface area (Å²) in [6, 6.07) is 0. The minimum atomic E-state index is 0.372. The highest BCUT2D eigenvalue weighted by Gasteiger charge is 2.04. The summed E-state index contributed by atoms with van der Waals surface area (Å²) in [5, 5.41) is 2.93. The van der Waals surface area contributed by atoms with E-state index in [-0.39, 0.29) is 0 Å². The normalized spacial score (nSPS) is 10.6. The lowest BCUT2D eigenvalue weighted by Gasteiger charge is -2.04. The number of hydrogen-bond acceptors (Lipinski definition) is 4. The maximum absolute atomic E-state index is 5.42. The van der Waals surface area contributed by atoms with Gasteiger partial charge in [-0.25, -0.2) is 4.98 Å². The van der Waals surface area contributed by atoms with Crippen LogP contribution in [-0.4, -0.2) is 29.0 Å². The Morgan fingerprint density at radius 3 is 2.83 bits per heavy atom. The smallest absolute Gasteiger partial charge is 0.123 e. The number of hydrogen-bond donors (Lipinski definition) is 1. The average Bonchev–Trinajstić information content (AvgIpc) is 2.34. The number of rotatable bonds is 3. The Morgan fingerprint density at radius 2 is 2.42 bits per heavy atom. The topological polar surface area (TPSA) is 42.2 Å². The van der Waals surface area contributed by atoms with E-state index >= 15 is 0 Å². The van der Waals surface area contributed by atoms with Crippen LogP contribution in [0.1, 0.15) is 10.7 Å². The van der Waals surface area contributed by atoms with Gasteiger partial charge >= 0.3 is 0 Å². The number of nitrogens with two attached hydrogens (primary N) is 1. The van der Waals surface area contributed by atoms with E-state index in [1.54, 1.807) is 11.3 Å². The molecule has 1 aromatic rings. The van der Waals surface area contributed by atoms with Crippen LogP contribution in [-0.2, 0) is 6.54 Å². The first-order valence-electron chi connectivity index (χ1n) is 3.48. The van der Waals surface area contributed by atoms with Gasteiger partial charge in [0.15, 0.2) is 0 Å². The van der Waals surface area contributed by atoms with E-state index in [1.807, 2.05) is 19.5 Å². The summed E-state index contributed by atoms with van der Waals surface area (Å²) in [6.45, 7) is 0.841. The molecule has 66 valence electrons. The molecule has 12 heavy (non-hydrogen) atoms. The highest BCUT2D eigenvalue weighted by Crippen LogP contribution is 2.10. The number of thiazole rings is 1. The molecule has 0 unspecified atom stereocenters. The van der Waals surface area contributed by atoms with Crippen LogP contribution in [0.3, 0.4) is 0 Å². The second-order valence-electron chi connectivity index (χ2n) is 2.73. The summed E-state index contributed by atoms with van der Waals surface area (Å²) in [5.41, 5.74) is 6.15. The zero-order chi connectivity index (χ0) is 9.14. The van der Waals surface area contributed by atoms with Crippen LogP contribution in [0.15, 0.2) is 5.38 Å². The number of aromatic nitrogens is 1. The van der Waals surface area contributed by atoms with E-state index in [1.165, 1.54) is 0 Å². The average molecular weight is 201 g/mol. The Hall–Kier alpha value is -0.520. The molecule has 0 aliphatic rings. The Labute approximate surface area is 81.2 Å². The first kappa shape index (κ1) is 9.57. The van der Waals surface area contributed by atoms with E-state index in [4.69, 9.17) is 18.0 Å². The number of thiocarbonyl (C=S) groups is 1. The van der Waals surface area contributed by atoms with Gasteiger partial charge in [0.1, 0.15) is 15.7 Å². The van der Waals surface area contributed by atoms with Gasteiger partial charge in [-0.2, -0.15) is 0 Å². The van der Waals surface area contributed by atoms with Gasteiger partial charge in [0.2, 0.25) is 0 Å². The SMILES string of the molecule is CN(C)Cc1nc(C(N)=S)cs1. The van der Waals surface area contributed by atoms with Crippen molar-refractivity contribution >= 4 is 28.5 Å². The Kier molecular flexibility index (Phi) is 3.13. The highest BCUT2D eigenvalue weighted by atomic mass is 32.1. The fraction of sp³-hybridized carbons (Fsp3) is 0.429. The maximum Gasteiger partial charge on any atom is 0.123 e. The van der Waals surface area contributed by atoms with Crippen molar-refractivity contribution in [1.29, 1.82) is 0 Å². The van der Waals surface area contributed by atoms with Gasteiger partial charge in [-0.1, -0.05) is 12.2 Å². The third-order valence-electron chi connectivity index (χ3n) is 1.26. The minimum absolute atomic E-state index is 0.372. The van der Waals surface area contributed by atoms with Crippen LogP contribution in [0.25, 0.3) is 0 Å². The van der Waals surface area contributed by atoms with Crippen LogP contribution in [0, 0.1) is 0 Å². The molecule has 1 heterocycles. The molecule has 0 aliphatic heterocycles. The van der Waals surface area contributed by atoms with Gasteiger partial charge in [0.25, 0.3) is 0 Å². The van der Waals surface area contributed by atoms with Crippen molar-refractivity contribution < 1.29 is 0 Å². The molecule has 0 saturated carbocycles. The van der Waals surface area contributed by atoms with Gasteiger partial charge in [-0.3, -0.25) is 0 Å². The lowest BCUT2D eigenvalue weighted by atomic mass is 10.5. The van der Waals surface area contributed by atoms with Crippen molar-refractivity contribution in [2.75, 3.05) is 14.1 Å². The quantitative estimate of drug-likeness (QED) is 0.736. The Morgan fingerprint density at radius 1 is 1.75 bits per heavy atom. The van der Waals surface area contributed by atoms with E-state index in [2.05, 4.69) is 9.88 Å². The summed E-state index contributed by atoms with van der Waals surface area (Å²) >= 11 is 6.38. The molecule has 0 spiro atoms. The summed E-state index contributed by atoms with van der Waals surface area (Å²) < 4.78 is 0. The molecule has 0 aliphatic carbocycles. The molecular formula is C7H11N3S2. The van der Waals surface area contributed by atoms with E-state index in [9.17, 15) is 0 Å². The first-order valence-corrected chi connectivity index (χ1v) is 4.77. The molecule has 5 heteroatoms. The van der Waals surface area contributed by atoms with Crippen molar-refractivity contribution in [1.82, 2.24) is 9.88 Å². The van der Waals surface area contributed by atoms with E-state index in [0.717, 1.165) is 17.2 Å². The van der Waals surface area contributed by atoms with Crippen LogP contribution >= 0.6 is 23.6 Å². The van der Waals surface area contributed by atoms with Crippen molar-refractivity contribution in [2.45, 2.75) is 6.54 Å². The van der Waals surface area contributed by atoms with Crippen LogP contribution in [0.5, 0.6) is 0 Å². The van der Waals surface area contributed by atoms with Crippen LogP contribution in [0.2, 0.25) is 0 Å². The molecule has 2 N–H and O–H groups in total. The van der Waals surface area contributed by atoms with Crippen LogP contribution in [0.4, 0.5) is 0 Å². The van der Waals surface area contributed by atoms with Gasteiger partial charge in [0.05, 0.1) is 0 Å². The van der Waals surface area contributed by atoms with Crippen molar-refractivity contribution in [3.05, 3.63) is 16.1 Å². The minimum Gasteiger partial charge on any atom is -0.388 e. The Bertz CT molecular complexity index is 280. The van der Waals surface area contributed by atoms with E-state index < -0.39 is 0 Å². The second-order valence-corrected chi connectivity index (χ2v) is 4.11. The van der Waals surface area contributed by atoms with Crippen LogP contribution < -0.4 is 5.73 Å². The molecular weight excluding hydrogens is 190 g/mol. The summed E-state index contributed by atoms with van der Waals surface area (Å²) in [5.74, 6) is 0. The van der Waals surface area contributed by atoms with Crippen molar-refractivity contribution in [2.24, 2.45) is 5.73 Å². The van der Waals surface area contributed by atoms with Gasteiger partial charge in [0, 0.05) is 11.9 Å². The molecule has 1 rings (SSSR count). The molecule has 0 saturated heterocycles. The second kappa shape index (κ2) is 3.93. The molecule has 0 amide bonds. The third-order valence-corrected chi connectivity index (χ3v) is 2.30. The van der Waals surface area contributed by atoms with Crippen molar-refractivity contribution in [3.8, 4) is 0 Å². The molecule has 1 aromatic heterocycles. The van der Waals surface area contributed by atoms with Gasteiger partial charge in [-0.05, 0) is 14.1 Å². The largest absolute Gasteiger partial charge is 0.388 e. The molecule has 0 fully saturated rings. The summed E-state index contributed by atoms with van der Waals surface area (Å²) in [7, 11) is 4.00. The molecule has 0 atom stereocenters. The molecule has 0 bridgehead atoms. The predicted octanol–water partition coefficient (Wildman–Crippen LogP) is 0.839. The monoisotopic (exact) mass is 201 g/mol. The maximum atomic E-state index is 5.42. The zero-order valence-electron chi connectivity index (χ0n) is 7.07. The lowest BCUT2D eigenvalue weighted by Crippen LogP contribution is -2.12. The third kappa shape index (κ3) is 2.51. The number of nitrogens with zero attached hydrogens (tertiary/aromatic N) is 2. The fourth-order valence-electron chi connectivity index (χ4n) is 0.767. The van der Waals surface area contributed by atoms with Crippen molar-refractivity contribution in [3.63, 3.8) is 0 Å². The lowest BCUT2D eigenvalue weighted by molar-refractivity contribution is 0.401. The van der Waals surface area contributed by atoms with Gasteiger partial charge < -0.3 is 10.6 Å². The summed E-state index contributed by atoms with van der Waals surface area (Å²) in [6.07, 6.45) is 0. The zero-order valence-corrected chi connectivity index (χ0v) is 8.71. The van der Waals surface area contributed by atoms with Gasteiger partial charge in [-0.15, -0.1) is 11.3 Å².